The largest absolute Gasteiger partial charge is 0.444 e. The van der Waals surface area contributed by atoms with Crippen LogP contribution in [0.5, 0.6) is 0 Å². The number of rotatable bonds is 11. The van der Waals surface area contributed by atoms with Crippen LogP contribution in [-0.4, -0.2) is 46.2 Å². The van der Waals surface area contributed by atoms with Gasteiger partial charge in [-0.15, -0.1) is 0 Å². The van der Waals surface area contributed by atoms with E-state index in [1.165, 1.54) is 0 Å². The third kappa shape index (κ3) is 9.67. The van der Waals surface area contributed by atoms with Crippen molar-refractivity contribution < 1.29 is 19.1 Å². The number of carbonyl (C=O) groups excluding carboxylic acids is 3. The van der Waals surface area contributed by atoms with Gasteiger partial charge in [0.05, 0.1) is 10.7 Å². The van der Waals surface area contributed by atoms with Crippen LogP contribution in [0.25, 0.3) is 0 Å². The van der Waals surface area contributed by atoms with E-state index in [0.29, 0.717) is 23.0 Å². The van der Waals surface area contributed by atoms with Gasteiger partial charge in [0, 0.05) is 11.8 Å². The summed E-state index contributed by atoms with van der Waals surface area (Å²) in [6, 6.07) is 8.84. The lowest BCUT2D eigenvalue weighted by Crippen LogP contribution is -2.56. The normalized spacial score (nSPS) is 13.8. The lowest BCUT2D eigenvalue weighted by molar-refractivity contribution is -0.143. The fourth-order valence-electron chi connectivity index (χ4n) is 4.76. The van der Waals surface area contributed by atoms with Crippen molar-refractivity contribution in [3.05, 3.63) is 63.7 Å². The molecule has 0 fully saturated rings. The summed E-state index contributed by atoms with van der Waals surface area (Å²) in [6.07, 6.45) is 0.787. The van der Waals surface area contributed by atoms with Crippen LogP contribution in [-0.2, 0) is 14.3 Å². The molecule has 3 unspecified atom stereocenters. The molecule has 3 atom stereocenters. The molecule has 0 aliphatic rings. The maximum absolute atomic E-state index is 14.4. The number of amides is 3. The highest BCUT2D eigenvalue weighted by molar-refractivity contribution is 7.80. The van der Waals surface area contributed by atoms with E-state index in [1.54, 1.807) is 31.7 Å². The van der Waals surface area contributed by atoms with Gasteiger partial charge in [-0.05, 0) is 95.5 Å². The Hall–Kier alpha value is -2.71. The number of nitrogens with zero attached hydrogens (tertiary/aromatic N) is 1. The predicted octanol–water partition coefficient (Wildman–Crippen LogP) is 7.42. The van der Waals surface area contributed by atoms with Crippen LogP contribution < -0.4 is 10.6 Å². The third-order valence-electron chi connectivity index (χ3n) is 6.88. The molecular formula is C32H46ClN3O4S. The van der Waals surface area contributed by atoms with E-state index in [1.807, 2.05) is 58.0 Å². The Labute approximate surface area is 256 Å². The maximum atomic E-state index is 14.4. The number of hydrogen-bond acceptors (Lipinski definition) is 5. The van der Waals surface area contributed by atoms with Crippen LogP contribution in [0, 0.1) is 26.7 Å². The highest BCUT2D eigenvalue weighted by Crippen LogP contribution is 2.34. The molecule has 0 heterocycles. The number of carbonyl (C=O) groups is 3. The van der Waals surface area contributed by atoms with Gasteiger partial charge in [-0.25, -0.2) is 4.79 Å². The lowest BCUT2D eigenvalue weighted by atomic mass is 9.91. The molecule has 2 N–H and O–H groups in total. The molecule has 2 aromatic rings. The molecule has 3 amide bonds. The predicted molar refractivity (Wildman–Crippen MR) is 171 cm³/mol. The molecule has 41 heavy (non-hydrogen) atoms. The molecule has 0 saturated carbocycles. The van der Waals surface area contributed by atoms with E-state index in [4.69, 9.17) is 16.3 Å². The second-order valence-corrected chi connectivity index (χ2v) is 12.8. The zero-order valence-corrected chi connectivity index (χ0v) is 27.5. The third-order valence-corrected chi connectivity index (χ3v) is 7.56. The molecule has 0 bridgehead atoms. The first-order valence-electron chi connectivity index (χ1n) is 14.1. The fraction of sp³-hybridized carbons (Fsp3) is 0.531. The number of nitrogens with one attached hydrogen (secondary N) is 2. The van der Waals surface area contributed by atoms with Gasteiger partial charge in [0.25, 0.3) is 5.91 Å². The Morgan fingerprint density at radius 1 is 0.951 bits per heavy atom. The van der Waals surface area contributed by atoms with Crippen molar-refractivity contribution in [3.63, 3.8) is 0 Å². The minimum atomic E-state index is -1.02. The molecule has 0 spiro atoms. The van der Waals surface area contributed by atoms with Crippen LogP contribution >= 0.6 is 24.2 Å². The zero-order chi connectivity index (χ0) is 31.1. The molecule has 2 aromatic carbocycles. The average molecular weight is 604 g/mol. The molecule has 0 saturated heterocycles. The number of ether oxygens (including phenoxy) is 1. The van der Waals surface area contributed by atoms with Crippen molar-refractivity contribution in [2.75, 3.05) is 11.1 Å². The van der Waals surface area contributed by atoms with Crippen LogP contribution in [0.4, 0.5) is 10.5 Å². The number of benzene rings is 2. The number of hydrogen-bond donors (Lipinski definition) is 3. The molecule has 2 rings (SSSR count). The van der Waals surface area contributed by atoms with Crippen molar-refractivity contribution in [2.45, 2.75) is 98.9 Å². The molecule has 9 heteroatoms. The minimum Gasteiger partial charge on any atom is -0.444 e. The monoisotopic (exact) mass is 603 g/mol. The SMILES string of the molecule is Cc1cccc(Cl)c1NC(=O)C(c1c(C)cccc1C)N(C(=O)C(CS)NC(=O)OC(C)(C)C)C(C)CCC(C)C. The summed E-state index contributed by atoms with van der Waals surface area (Å²) in [5.41, 5.74) is 3.03. The molecule has 7 nitrogen and oxygen atoms in total. The topological polar surface area (TPSA) is 87.7 Å². The number of para-hydroxylation sites is 1. The van der Waals surface area contributed by atoms with Gasteiger partial charge in [-0.2, -0.15) is 12.6 Å². The van der Waals surface area contributed by atoms with Crippen LogP contribution in [0.1, 0.15) is 82.7 Å². The molecular weight excluding hydrogens is 558 g/mol. The van der Waals surface area contributed by atoms with E-state index in [2.05, 4.69) is 37.1 Å². The van der Waals surface area contributed by atoms with Crippen LogP contribution in [0.15, 0.2) is 36.4 Å². The van der Waals surface area contributed by atoms with Crippen LogP contribution in [0.3, 0.4) is 0 Å². The van der Waals surface area contributed by atoms with Crippen molar-refractivity contribution >= 4 is 47.8 Å². The summed E-state index contributed by atoms with van der Waals surface area (Å²) < 4.78 is 5.43. The van der Waals surface area contributed by atoms with Crippen molar-refractivity contribution in [3.8, 4) is 0 Å². The van der Waals surface area contributed by atoms with E-state index < -0.39 is 35.6 Å². The van der Waals surface area contributed by atoms with Gasteiger partial charge >= 0.3 is 6.09 Å². The summed E-state index contributed by atoms with van der Waals surface area (Å²) in [4.78, 5) is 43.0. The number of alkyl carbamates (subject to hydrolysis) is 1. The Balaban J connectivity index is 2.69. The summed E-state index contributed by atoms with van der Waals surface area (Å²) >= 11 is 10.9. The second kappa shape index (κ2) is 15.0. The first-order chi connectivity index (χ1) is 19.1. The molecule has 0 radical (unpaired) electrons. The Kier molecular flexibility index (Phi) is 12.6. The smallest absolute Gasteiger partial charge is 0.408 e. The van der Waals surface area contributed by atoms with Gasteiger partial charge in [-0.3, -0.25) is 9.59 Å². The van der Waals surface area contributed by atoms with E-state index >= 15 is 0 Å². The number of thiol groups is 1. The van der Waals surface area contributed by atoms with Crippen LogP contribution in [0.2, 0.25) is 5.02 Å². The van der Waals surface area contributed by atoms with Gasteiger partial charge in [0.15, 0.2) is 0 Å². The van der Waals surface area contributed by atoms with E-state index in [0.717, 1.165) is 28.7 Å². The minimum absolute atomic E-state index is 0.0240. The summed E-state index contributed by atoms with van der Waals surface area (Å²) in [7, 11) is 0. The lowest BCUT2D eigenvalue weighted by Gasteiger charge is -2.39. The molecule has 0 aliphatic carbocycles. The van der Waals surface area contributed by atoms with Crippen molar-refractivity contribution in [2.24, 2.45) is 5.92 Å². The summed E-state index contributed by atoms with van der Waals surface area (Å²) in [6.45, 7) is 17.2. The Bertz CT molecular complexity index is 1190. The fourth-order valence-corrected chi connectivity index (χ4v) is 5.28. The maximum Gasteiger partial charge on any atom is 0.408 e. The molecule has 226 valence electrons. The highest BCUT2D eigenvalue weighted by Gasteiger charge is 2.40. The van der Waals surface area contributed by atoms with Crippen molar-refractivity contribution in [1.29, 1.82) is 0 Å². The molecule has 0 aliphatic heterocycles. The average Bonchev–Trinajstić information content (AvgIpc) is 2.86. The summed E-state index contributed by atoms with van der Waals surface area (Å²) in [5.74, 6) is -0.386. The Morgan fingerprint density at radius 2 is 1.51 bits per heavy atom. The second-order valence-electron chi connectivity index (χ2n) is 12.1. The number of anilines is 1. The standard InChI is InChI=1S/C32H46ClN3O4S/c1-19(2)16-17-23(6)36(30(38)25(18-41)34-31(39)40-32(7,8)9)28(26-20(3)12-10-13-21(26)4)29(37)35-27-22(5)14-11-15-24(27)33/h10-15,19,23,25,28,41H,16-18H2,1-9H3,(H,34,39)(H,35,37). The quantitative estimate of drug-likeness (QED) is 0.233. The van der Waals surface area contributed by atoms with Gasteiger partial charge in [0.1, 0.15) is 17.7 Å². The number of aryl methyl sites for hydroxylation is 3. The molecule has 0 aromatic heterocycles. The zero-order valence-electron chi connectivity index (χ0n) is 25.8. The highest BCUT2D eigenvalue weighted by atomic mass is 35.5. The van der Waals surface area contributed by atoms with E-state index in [-0.39, 0.29) is 11.8 Å². The van der Waals surface area contributed by atoms with Crippen molar-refractivity contribution in [1.82, 2.24) is 10.2 Å². The Morgan fingerprint density at radius 3 is 2.02 bits per heavy atom. The summed E-state index contributed by atoms with van der Waals surface area (Å²) in [5, 5.41) is 6.11. The number of halogens is 1. The van der Waals surface area contributed by atoms with Gasteiger partial charge in [-0.1, -0.05) is 55.8 Å². The first-order valence-corrected chi connectivity index (χ1v) is 15.1. The van der Waals surface area contributed by atoms with Gasteiger partial charge in [0.2, 0.25) is 5.91 Å². The van der Waals surface area contributed by atoms with E-state index in [9.17, 15) is 14.4 Å². The van der Waals surface area contributed by atoms with Gasteiger partial charge < -0.3 is 20.3 Å². The first kappa shape index (κ1) is 34.5.